The Labute approximate surface area is 123 Å². The van der Waals surface area contributed by atoms with Gasteiger partial charge in [0, 0.05) is 23.6 Å². The van der Waals surface area contributed by atoms with Gasteiger partial charge in [0.15, 0.2) is 0 Å². The predicted molar refractivity (Wildman–Crippen MR) is 81.3 cm³/mol. The zero-order valence-electron chi connectivity index (χ0n) is 11.8. The van der Waals surface area contributed by atoms with Gasteiger partial charge in [0.05, 0.1) is 0 Å². The van der Waals surface area contributed by atoms with Crippen LogP contribution in [0.5, 0.6) is 0 Å². The Morgan fingerprint density at radius 2 is 2.05 bits per heavy atom. The third kappa shape index (κ3) is 2.80. The molecule has 2 rings (SSSR count). The molecule has 0 saturated heterocycles. The van der Waals surface area contributed by atoms with Crippen LogP contribution in [-0.4, -0.2) is 9.55 Å². The normalized spacial score (nSPS) is 11.0. The number of aromatic nitrogens is 2. The Morgan fingerprint density at radius 3 is 2.70 bits per heavy atom. The monoisotopic (exact) mass is 295 g/mol. The van der Waals surface area contributed by atoms with Crippen LogP contribution in [0.25, 0.3) is 11.3 Å². The molecule has 0 aliphatic heterocycles. The number of benzene rings is 1. The Balaban J connectivity index is 2.56. The van der Waals surface area contributed by atoms with E-state index in [0.717, 1.165) is 31.6 Å². The zero-order valence-corrected chi connectivity index (χ0v) is 12.5. The number of hydrogen-bond acceptors (Lipinski definition) is 2. The smallest absolute Gasteiger partial charge is 0.132 e. The molecule has 0 bridgehead atoms. The SMILES string of the molecule is CCCc1nc(-c2cc(Cl)ccc2F)c(N)n1CCC. The van der Waals surface area contributed by atoms with Gasteiger partial charge in [-0.3, -0.25) is 0 Å². The average Bonchev–Trinajstić information content (AvgIpc) is 2.71. The van der Waals surface area contributed by atoms with E-state index in [1.165, 1.54) is 12.1 Å². The second-order valence-corrected chi connectivity index (χ2v) is 5.22. The number of aryl methyl sites for hydroxylation is 1. The minimum Gasteiger partial charge on any atom is -0.383 e. The lowest BCUT2D eigenvalue weighted by Gasteiger charge is -2.07. The van der Waals surface area contributed by atoms with Gasteiger partial charge in [-0.05, 0) is 31.0 Å². The maximum absolute atomic E-state index is 14.0. The van der Waals surface area contributed by atoms with E-state index in [9.17, 15) is 4.39 Å². The lowest BCUT2D eigenvalue weighted by molar-refractivity contribution is 0.631. The summed E-state index contributed by atoms with van der Waals surface area (Å²) in [6.45, 7) is 4.95. The maximum Gasteiger partial charge on any atom is 0.132 e. The lowest BCUT2D eigenvalue weighted by Crippen LogP contribution is -2.06. The number of hydrogen-bond donors (Lipinski definition) is 1. The minimum atomic E-state index is -0.356. The molecular formula is C15H19ClFN3. The number of halogens is 2. The summed E-state index contributed by atoms with van der Waals surface area (Å²) >= 11 is 5.95. The summed E-state index contributed by atoms with van der Waals surface area (Å²) < 4.78 is 16.0. The summed E-state index contributed by atoms with van der Waals surface area (Å²) in [6, 6.07) is 4.43. The molecule has 1 heterocycles. The van der Waals surface area contributed by atoms with Gasteiger partial charge in [-0.15, -0.1) is 0 Å². The van der Waals surface area contributed by atoms with Gasteiger partial charge in [-0.1, -0.05) is 25.4 Å². The van der Waals surface area contributed by atoms with Gasteiger partial charge in [-0.25, -0.2) is 9.37 Å². The second-order valence-electron chi connectivity index (χ2n) is 4.79. The number of rotatable bonds is 5. The standard InChI is InChI=1S/C15H19ClFN3/c1-3-5-13-19-14(15(18)20(13)8-4-2)11-9-10(16)6-7-12(11)17/h6-7,9H,3-5,8,18H2,1-2H3. The molecule has 5 heteroatoms. The molecular weight excluding hydrogens is 277 g/mol. The van der Waals surface area contributed by atoms with Crippen molar-refractivity contribution >= 4 is 17.4 Å². The van der Waals surface area contributed by atoms with Crippen molar-refractivity contribution in [3.63, 3.8) is 0 Å². The van der Waals surface area contributed by atoms with Crippen LogP contribution >= 0.6 is 11.6 Å². The van der Waals surface area contributed by atoms with Crippen LogP contribution in [-0.2, 0) is 13.0 Å². The maximum atomic E-state index is 14.0. The van der Waals surface area contributed by atoms with Crippen LogP contribution in [0, 0.1) is 5.82 Å². The third-order valence-corrected chi connectivity index (χ3v) is 3.43. The van der Waals surface area contributed by atoms with Crippen LogP contribution in [0.4, 0.5) is 10.2 Å². The van der Waals surface area contributed by atoms with Crippen molar-refractivity contribution in [2.75, 3.05) is 5.73 Å². The number of nitrogen functional groups attached to an aromatic ring is 1. The average molecular weight is 296 g/mol. The molecule has 0 saturated carbocycles. The number of imidazole rings is 1. The topological polar surface area (TPSA) is 43.8 Å². The van der Waals surface area contributed by atoms with E-state index in [-0.39, 0.29) is 5.82 Å². The van der Waals surface area contributed by atoms with Gasteiger partial charge < -0.3 is 10.3 Å². The molecule has 108 valence electrons. The molecule has 0 spiro atoms. The van der Waals surface area contributed by atoms with Crippen LogP contribution in [0.3, 0.4) is 0 Å². The first-order valence-electron chi connectivity index (χ1n) is 6.88. The highest BCUT2D eigenvalue weighted by molar-refractivity contribution is 6.30. The zero-order chi connectivity index (χ0) is 14.7. The third-order valence-electron chi connectivity index (χ3n) is 3.19. The van der Waals surface area contributed by atoms with Gasteiger partial charge in [0.1, 0.15) is 23.2 Å². The van der Waals surface area contributed by atoms with Crippen molar-refractivity contribution in [3.8, 4) is 11.3 Å². The minimum absolute atomic E-state index is 0.356. The first kappa shape index (κ1) is 14.9. The van der Waals surface area contributed by atoms with E-state index < -0.39 is 0 Å². The van der Waals surface area contributed by atoms with E-state index in [2.05, 4.69) is 18.8 Å². The van der Waals surface area contributed by atoms with E-state index in [1.807, 2.05) is 4.57 Å². The number of anilines is 1. The van der Waals surface area contributed by atoms with Crippen molar-refractivity contribution in [3.05, 3.63) is 34.9 Å². The summed E-state index contributed by atoms with van der Waals surface area (Å²) in [5, 5.41) is 0.475. The van der Waals surface area contributed by atoms with Crippen molar-refractivity contribution in [2.45, 2.75) is 39.7 Å². The molecule has 3 nitrogen and oxygen atoms in total. The number of nitrogens with two attached hydrogens (primary N) is 1. The lowest BCUT2D eigenvalue weighted by atomic mass is 10.1. The molecule has 0 unspecified atom stereocenters. The Bertz CT molecular complexity index is 607. The van der Waals surface area contributed by atoms with Crippen molar-refractivity contribution < 1.29 is 4.39 Å². The molecule has 0 atom stereocenters. The first-order chi connectivity index (χ1) is 9.58. The van der Waals surface area contributed by atoms with Gasteiger partial charge >= 0.3 is 0 Å². The summed E-state index contributed by atoms with van der Waals surface area (Å²) in [4.78, 5) is 4.53. The number of nitrogens with zero attached hydrogens (tertiary/aromatic N) is 2. The highest BCUT2D eigenvalue weighted by atomic mass is 35.5. The van der Waals surface area contributed by atoms with Crippen LogP contribution in [0.15, 0.2) is 18.2 Å². The fourth-order valence-electron chi connectivity index (χ4n) is 2.28. The van der Waals surface area contributed by atoms with E-state index in [1.54, 1.807) is 6.07 Å². The molecule has 0 amide bonds. The van der Waals surface area contributed by atoms with Crippen molar-refractivity contribution in [2.24, 2.45) is 0 Å². The molecule has 2 aromatic rings. The summed E-state index contributed by atoms with van der Waals surface area (Å²) in [5.41, 5.74) is 7.01. The largest absolute Gasteiger partial charge is 0.383 e. The Kier molecular flexibility index (Phi) is 4.65. The fourth-order valence-corrected chi connectivity index (χ4v) is 2.45. The summed E-state index contributed by atoms with van der Waals surface area (Å²) in [6.07, 6.45) is 2.75. The fraction of sp³-hybridized carbons (Fsp3) is 0.400. The molecule has 20 heavy (non-hydrogen) atoms. The summed E-state index contributed by atoms with van der Waals surface area (Å²) in [5.74, 6) is 1.06. The van der Waals surface area contributed by atoms with Crippen LogP contribution < -0.4 is 5.73 Å². The van der Waals surface area contributed by atoms with Gasteiger partial charge in [0.2, 0.25) is 0 Å². The van der Waals surface area contributed by atoms with Crippen molar-refractivity contribution in [1.82, 2.24) is 9.55 Å². The Hall–Kier alpha value is -1.55. The molecule has 1 aromatic carbocycles. The van der Waals surface area contributed by atoms with E-state index in [4.69, 9.17) is 17.3 Å². The van der Waals surface area contributed by atoms with E-state index >= 15 is 0 Å². The highest BCUT2D eigenvalue weighted by Crippen LogP contribution is 2.31. The molecule has 1 aromatic heterocycles. The van der Waals surface area contributed by atoms with Crippen LogP contribution in [0.1, 0.15) is 32.5 Å². The Morgan fingerprint density at radius 1 is 1.30 bits per heavy atom. The quantitative estimate of drug-likeness (QED) is 0.894. The molecule has 0 aliphatic carbocycles. The van der Waals surface area contributed by atoms with Crippen LogP contribution in [0.2, 0.25) is 5.02 Å². The molecule has 0 aliphatic rings. The van der Waals surface area contributed by atoms with Gasteiger partial charge in [-0.2, -0.15) is 0 Å². The van der Waals surface area contributed by atoms with E-state index in [0.29, 0.717) is 22.1 Å². The molecule has 0 radical (unpaired) electrons. The second kappa shape index (κ2) is 6.27. The van der Waals surface area contributed by atoms with Gasteiger partial charge in [0.25, 0.3) is 0 Å². The summed E-state index contributed by atoms with van der Waals surface area (Å²) in [7, 11) is 0. The highest BCUT2D eigenvalue weighted by Gasteiger charge is 2.18. The van der Waals surface area contributed by atoms with Crippen molar-refractivity contribution in [1.29, 1.82) is 0 Å². The first-order valence-corrected chi connectivity index (χ1v) is 7.26. The molecule has 2 N–H and O–H groups in total. The predicted octanol–water partition coefficient (Wildman–Crippen LogP) is 4.29. The molecule has 0 fully saturated rings.